The molecule has 0 aliphatic rings. The van der Waals surface area contributed by atoms with Crippen LogP contribution in [0.3, 0.4) is 0 Å². The minimum Gasteiger partial charge on any atom is -0.142 e. The fraction of sp³-hybridized carbons (Fsp3) is 0.571. The molecule has 16 heavy (non-hydrogen) atoms. The zero-order valence-electron chi connectivity index (χ0n) is 11.0. The summed E-state index contributed by atoms with van der Waals surface area (Å²) >= 11 is 9.10. The van der Waals surface area contributed by atoms with Crippen molar-refractivity contribution in [3.63, 3.8) is 0 Å². The molecular weight excluding hydrogens is 232 g/mol. The minimum atomic E-state index is 0.107. The van der Waals surface area contributed by atoms with Crippen LogP contribution >= 0.6 is 25.3 Å². The molecule has 0 radical (unpaired) electrons. The Balaban J connectivity index is 3.46. The van der Waals surface area contributed by atoms with Crippen LogP contribution in [0.15, 0.2) is 21.9 Å². The van der Waals surface area contributed by atoms with E-state index in [1.807, 2.05) is 0 Å². The van der Waals surface area contributed by atoms with Gasteiger partial charge < -0.3 is 0 Å². The Morgan fingerprint density at radius 1 is 0.812 bits per heavy atom. The maximum Gasteiger partial charge on any atom is 0.0211 e. The summed E-state index contributed by atoms with van der Waals surface area (Å²) in [5.74, 6) is 0. The molecule has 0 unspecified atom stereocenters. The van der Waals surface area contributed by atoms with Crippen LogP contribution in [0.2, 0.25) is 0 Å². The molecule has 0 nitrogen and oxygen atoms in total. The van der Waals surface area contributed by atoms with Crippen LogP contribution in [0.5, 0.6) is 0 Å². The predicted molar refractivity (Wildman–Crippen MR) is 78.3 cm³/mol. The first-order valence-corrected chi connectivity index (χ1v) is 6.50. The van der Waals surface area contributed by atoms with Gasteiger partial charge in [-0.15, -0.1) is 25.3 Å². The highest BCUT2D eigenvalue weighted by molar-refractivity contribution is 7.83. The van der Waals surface area contributed by atoms with E-state index in [1.54, 1.807) is 0 Å². The summed E-state index contributed by atoms with van der Waals surface area (Å²) in [6.45, 7) is 13.3. The summed E-state index contributed by atoms with van der Waals surface area (Å²) < 4.78 is 0. The van der Waals surface area contributed by atoms with Gasteiger partial charge in [0.05, 0.1) is 0 Å². The Morgan fingerprint density at radius 2 is 1.31 bits per heavy atom. The molecule has 90 valence electrons. The molecule has 0 spiro atoms. The molecule has 0 amide bonds. The van der Waals surface area contributed by atoms with E-state index in [0.29, 0.717) is 0 Å². The molecule has 2 heteroatoms. The maximum absolute atomic E-state index is 4.57. The maximum atomic E-state index is 4.57. The SMILES string of the molecule is CC(C)(C)c1cc(S)c(S)c(C(C)(C)C)c1. The monoisotopic (exact) mass is 254 g/mol. The summed E-state index contributed by atoms with van der Waals surface area (Å²) in [5, 5.41) is 0. The van der Waals surface area contributed by atoms with Crippen molar-refractivity contribution >= 4 is 25.3 Å². The van der Waals surface area contributed by atoms with Crippen LogP contribution in [-0.2, 0) is 10.8 Å². The van der Waals surface area contributed by atoms with E-state index in [2.05, 4.69) is 78.9 Å². The van der Waals surface area contributed by atoms with Crippen LogP contribution in [0.25, 0.3) is 0 Å². The Bertz CT molecular complexity index is 392. The molecule has 0 atom stereocenters. The van der Waals surface area contributed by atoms with Gasteiger partial charge in [-0.25, -0.2) is 0 Å². The predicted octanol–water partition coefficient (Wildman–Crippen LogP) is 4.86. The van der Waals surface area contributed by atoms with Crippen molar-refractivity contribution in [1.82, 2.24) is 0 Å². The summed E-state index contributed by atoms with van der Waals surface area (Å²) in [6.07, 6.45) is 0. The molecule has 0 heterocycles. The highest BCUT2D eigenvalue weighted by Gasteiger charge is 2.22. The van der Waals surface area contributed by atoms with Gasteiger partial charge in [-0.3, -0.25) is 0 Å². The van der Waals surface area contributed by atoms with Gasteiger partial charge in [0.25, 0.3) is 0 Å². The fourth-order valence-corrected chi connectivity index (χ4v) is 2.35. The largest absolute Gasteiger partial charge is 0.142 e. The molecule has 0 fully saturated rings. The fourth-order valence-electron chi connectivity index (χ4n) is 1.62. The molecule has 0 aliphatic heterocycles. The van der Waals surface area contributed by atoms with E-state index in [9.17, 15) is 0 Å². The van der Waals surface area contributed by atoms with Crippen LogP contribution < -0.4 is 0 Å². The van der Waals surface area contributed by atoms with Crippen molar-refractivity contribution in [2.75, 3.05) is 0 Å². The second-order valence-corrected chi connectivity index (χ2v) is 7.32. The number of benzene rings is 1. The second kappa shape index (κ2) is 4.30. The van der Waals surface area contributed by atoms with Gasteiger partial charge in [0.15, 0.2) is 0 Å². The van der Waals surface area contributed by atoms with Crippen molar-refractivity contribution in [3.05, 3.63) is 23.3 Å². The first-order valence-electron chi connectivity index (χ1n) is 5.60. The standard InChI is InChI=1S/C14H22S2/c1-13(2,3)9-7-10(14(4,5)6)12(16)11(15)8-9/h7-8,15-16H,1-6H3. The molecule has 0 aromatic heterocycles. The van der Waals surface area contributed by atoms with Gasteiger partial charge in [-0.05, 0) is 28.0 Å². The van der Waals surface area contributed by atoms with Gasteiger partial charge >= 0.3 is 0 Å². The summed E-state index contributed by atoms with van der Waals surface area (Å²) in [6, 6.07) is 4.39. The normalized spacial score (nSPS) is 13.0. The van der Waals surface area contributed by atoms with Crippen LogP contribution in [0.1, 0.15) is 52.7 Å². The van der Waals surface area contributed by atoms with Gasteiger partial charge in [0.1, 0.15) is 0 Å². The van der Waals surface area contributed by atoms with E-state index in [-0.39, 0.29) is 10.8 Å². The lowest BCUT2D eigenvalue weighted by atomic mass is 9.81. The van der Waals surface area contributed by atoms with Gasteiger partial charge in [-0.1, -0.05) is 47.6 Å². The molecule has 1 aromatic rings. The van der Waals surface area contributed by atoms with Gasteiger partial charge in [0, 0.05) is 9.79 Å². The average molecular weight is 254 g/mol. The summed E-state index contributed by atoms with van der Waals surface area (Å²) in [7, 11) is 0. The van der Waals surface area contributed by atoms with Crippen molar-refractivity contribution in [3.8, 4) is 0 Å². The van der Waals surface area contributed by atoms with E-state index >= 15 is 0 Å². The summed E-state index contributed by atoms with van der Waals surface area (Å²) in [5.41, 5.74) is 2.85. The smallest absolute Gasteiger partial charge is 0.0211 e. The highest BCUT2D eigenvalue weighted by atomic mass is 32.1. The topological polar surface area (TPSA) is 0 Å². The van der Waals surface area contributed by atoms with E-state index in [0.717, 1.165) is 9.79 Å². The van der Waals surface area contributed by atoms with Gasteiger partial charge in [-0.2, -0.15) is 0 Å². The molecular formula is C14H22S2. The van der Waals surface area contributed by atoms with Gasteiger partial charge in [0.2, 0.25) is 0 Å². The van der Waals surface area contributed by atoms with Crippen molar-refractivity contribution in [2.45, 2.75) is 62.2 Å². The number of rotatable bonds is 0. The third-order valence-corrected chi connectivity index (χ3v) is 3.77. The zero-order chi connectivity index (χ0) is 12.7. The van der Waals surface area contributed by atoms with Crippen LogP contribution in [0, 0.1) is 0 Å². The highest BCUT2D eigenvalue weighted by Crippen LogP contribution is 2.36. The van der Waals surface area contributed by atoms with Crippen molar-refractivity contribution in [1.29, 1.82) is 0 Å². The van der Waals surface area contributed by atoms with E-state index < -0.39 is 0 Å². The first kappa shape index (κ1) is 14.0. The van der Waals surface area contributed by atoms with Crippen LogP contribution in [-0.4, -0.2) is 0 Å². The Hall–Kier alpha value is -0.0800. The minimum absolute atomic E-state index is 0.107. The molecule has 1 aromatic carbocycles. The Morgan fingerprint density at radius 3 is 1.69 bits per heavy atom. The average Bonchev–Trinajstić information content (AvgIpc) is 2.05. The lowest BCUT2D eigenvalue weighted by Gasteiger charge is -2.27. The van der Waals surface area contributed by atoms with E-state index in [4.69, 9.17) is 0 Å². The number of hydrogen-bond acceptors (Lipinski definition) is 2. The lowest BCUT2D eigenvalue weighted by Crippen LogP contribution is -2.17. The Labute approximate surface area is 111 Å². The molecule has 0 aliphatic carbocycles. The molecule has 0 saturated carbocycles. The van der Waals surface area contributed by atoms with Crippen molar-refractivity contribution in [2.24, 2.45) is 0 Å². The third kappa shape index (κ3) is 2.98. The van der Waals surface area contributed by atoms with Crippen LogP contribution in [0.4, 0.5) is 0 Å². The summed E-state index contributed by atoms with van der Waals surface area (Å²) in [4.78, 5) is 1.98. The number of hydrogen-bond donors (Lipinski definition) is 2. The first-order chi connectivity index (χ1) is 7.03. The van der Waals surface area contributed by atoms with Crippen molar-refractivity contribution < 1.29 is 0 Å². The Kier molecular flexibility index (Phi) is 3.76. The zero-order valence-corrected chi connectivity index (χ0v) is 12.8. The van der Waals surface area contributed by atoms with E-state index in [1.165, 1.54) is 11.1 Å². The quantitative estimate of drug-likeness (QED) is 0.607. The molecule has 0 N–H and O–H groups in total. The third-order valence-electron chi connectivity index (χ3n) is 2.76. The number of thiol groups is 2. The molecule has 0 bridgehead atoms. The molecule has 1 rings (SSSR count). The second-order valence-electron chi connectivity index (χ2n) is 6.39. The molecule has 0 saturated heterocycles. The lowest BCUT2D eigenvalue weighted by molar-refractivity contribution is 0.555.